The van der Waals surface area contributed by atoms with Crippen LogP contribution in [-0.4, -0.2) is 12.6 Å². The number of nitrogens with one attached hydrogen (secondary N) is 1. The van der Waals surface area contributed by atoms with Gasteiger partial charge in [-0.1, -0.05) is 12.0 Å². The summed E-state index contributed by atoms with van der Waals surface area (Å²) in [6.07, 6.45) is 0.823. The fraction of sp³-hybridized carbons (Fsp3) is 0.750. The number of hydrogen-bond donors (Lipinski definition) is 2. The molecule has 62 valence electrons. The zero-order valence-corrected chi connectivity index (χ0v) is 10.3. The predicted octanol–water partition coefficient (Wildman–Crippen LogP) is 0.364. The quantitative estimate of drug-likeness (QED) is 0.244. The van der Waals surface area contributed by atoms with Crippen LogP contribution in [0.3, 0.4) is 0 Å². The summed E-state index contributed by atoms with van der Waals surface area (Å²) in [4.78, 5) is 14.7. The van der Waals surface area contributed by atoms with Gasteiger partial charge in [-0.15, -0.1) is 0 Å². The standard InChI is InChI=1S/C4H10N4O2.Th/c1-2-3-10-8-7-4(9)6-5;/h2-3,5H2,1H3,(H,6,9);. The molecule has 0 bridgehead atoms. The Morgan fingerprint density at radius 2 is 2.36 bits per heavy atom. The molecule has 2 amide bonds. The molecule has 0 aromatic rings. The Kier molecular flexibility index (Phi) is 12.7. The number of hydrazine groups is 1. The van der Waals surface area contributed by atoms with E-state index in [-0.39, 0.29) is 39.9 Å². The van der Waals surface area contributed by atoms with Gasteiger partial charge in [0.1, 0.15) is 6.61 Å². The average Bonchev–Trinajstić information content (AvgIpc) is 1.98. The molecule has 0 aliphatic carbocycles. The monoisotopic (exact) mass is 378 g/mol. The van der Waals surface area contributed by atoms with Gasteiger partial charge in [-0.2, -0.15) is 0 Å². The molecule has 0 saturated heterocycles. The fourth-order valence-corrected chi connectivity index (χ4v) is 0.227. The Balaban J connectivity index is 0. The summed E-state index contributed by atoms with van der Waals surface area (Å²) >= 11 is 0. The molecule has 0 aliphatic heterocycles. The van der Waals surface area contributed by atoms with Crippen molar-refractivity contribution in [2.45, 2.75) is 13.3 Å². The first-order chi connectivity index (χ1) is 4.81. The summed E-state index contributed by atoms with van der Waals surface area (Å²) in [5, 5.41) is 6.07. The Labute approximate surface area is 96.6 Å². The van der Waals surface area contributed by atoms with Crippen LogP contribution in [0.2, 0.25) is 0 Å². The van der Waals surface area contributed by atoms with E-state index in [0.717, 1.165) is 6.42 Å². The third kappa shape index (κ3) is 10.2. The number of amides is 2. The molecule has 7 heteroatoms. The second-order valence-electron chi connectivity index (χ2n) is 1.46. The van der Waals surface area contributed by atoms with Gasteiger partial charge in [0.05, 0.1) is 0 Å². The number of carbonyl (C=O) groups excluding carboxylic acids is 1. The molecule has 0 radical (unpaired) electrons. The molecule has 6 nitrogen and oxygen atoms in total. The molecular weight excluding hydrogens is 368 g/mol. The molecule has 0 atom stereocenters. The Bertz CT molecular complexity index is 129. The van der Waals surface area contributed by atoms with Crippen LogP contribution >= 0.6 is 0 Å². The molecule has 11 heavy (non-hydrogen) atoms. The van der Waals surface area contributed by atoms with Crippen molar-refractivity contribution in [2.24, 2.45) is 16.2 Å². The van der Waals surface area contributed by atoms with E-state index in [1.54, 1.807) is 5.43 Å². The molecule has 0 aliphatic rings. The first-order valence-corrected chi connectivity index (χ1v) is 2.84. The van der Waals surface area contributed by atoms with Crippen LogP contribution in [0.1, 0.15) is 13.3 Å². The van der Waals surface area contributed by atoms with Crippen LogP contribution < -0.4 is 11.3 Å². The van der Waals surface area contributed by atoms with Crippen molar-refractivity contribution in [1.82, 2.24) is 5.43 Å². The smallest absolute Gasteiger partial charge is 0.376 e. The third-order valence-electron chi connectivity index (χ3n) is 0.608. The summed E-state index contributed by atoms with van der Waals surface area (Å²) in [6.45, 7) is 2.36. The van der Waals surface area contributed by atoms with Gasteiger partial charge in [-0.3, -0.25) is 5.43 Å². The number of hydrogen-bond acceptors (Lipinski definition) is 4. The van der Waals surface area contributed by atoms with Gasteiger partial charge in [0, 0.05) is 45.2 Å². The second kappa shape index (κ2) is 10.2. The zero-order chi connectivity index (χ0) is 7.82. The number of nitrogens with two attached hydrogens (primary N) is 1. The zero-order valence-electron chi connectivity index (χ0n) is 6.20. The van der Waals surface area contributed by atoms with E-state index in [9.17, 15) is 4.79 Å². The maximum Gasteiger partial charge on any atom is 0.376 e. The van der Waals surface area contributed by atoms with E-state index >= 15 is 0 Å². The molecule has 0 saturated carbocycles. The number of rotatable bonds is 3. The summed E-state index contributed by atoms with van der Waals surface area (Å²) < 4.78 is 0. The molecule has 0 spiro atoms. The predicted molar refractivity (Wildman–Crippen MR) is 33.8 cm³/mol. The maximum atomic E-state index is 10.2. The van der Waals surface area contributed by atoms with Crippen LogP contribution in [0.15, 0.2) is 10.4 Å². The van der Waals surface area contributed by atoms with Gasteiger partial charge in [0.15, 0.2) is 0 Å². The van der Waals surface area contributed by atoms with Crippen molar-refractivity contribution in [3.8, 4) is 0 Å². The molecule has 0 heterocycles. The van der Waals surface area contributed by atoms with E-state index in [1.807, 2.05) is 6.92 Å². The second-order valence-corrected chi connectivity index (χ2v) is 1.46. The summed E-state index contributed by atoms with van der Waals surface area (Å²) in [5.41, 5.74) is 1.76. The van der Waals surface area contributed by atoms with E-state index in [4.69, 9.17) is 0 Å². The Morgan fingerprint density at radius 1 is 1.73 bits per heavy atom. The van der Waals surface area contributed by atoms with Crippen LogP contribution in [0.5, 0.6) is 0 Å². The van der Waals surface area contributed by atoms with Gasteiger partial charge < -0.3 is 4.84 Å². The molecule has 0 fully saturated rings. The number of nitrogens with zero attached hydrogens (tertiary/aromatic N) is 2. The van der Waals surface area contributed by atoms with Crippen LogP contribution in [0, 0.1) is 39.9 Å². The summed E-state index contributed by atoms with van der Waals surface area (Å²) in [7, 11) is 0. The van der Waals surface area contributed by atoms with E-state index in [2.05, 4.69) is 21.1 Å². The van der Waals surface area contributed by atoms with E-state index < -0.39 is 6.03 Å². The van der Waals surface area contributed by atoms with Crippen LogP contribution in [0.4, 0.5) is 4.79 Å². The molecule has 0 unspecified atom stereocenters. The topological polar surface area (TPSA) is 89.1 Å². The van der Waals surface area contributed by atoms with Crippen LogP contribution in [0.25, 0.3) is 0 Å². The minimum absolute atomic E-state index is 0. The molecule has 0 rings (SSSR count). The summed E-state index contributed by atoms with van der Waals surface area (Å²) in [6, 6.07) is -0.726. The van der Waals surface area contributed by atoms with Crippen molar-refractivity contribution in [1.29, 1.82) is 0 Å². The Morgan fingerprint density at radius 3 is 2.82 bits per heavy atom. The molecule has 0 aromatic heterocycles. The first kappa shape index (κ1) is 13.7. The van der Waals surface area contributed by atoms with Crippen molar-refractivity contribution < 1.29 is 49.6 Å². The van der Waals surface area contributed by atoms with Crippen molar-refractivity contribution in [2.75, 3.05) is 6.61 Å². The van der Waals surface area contributed by atoms with Crippen molar-refractivity contribution >= 4 is 6.03 Å². The van der Waals surface area contributed by atoms with Gasteiger partial charge in [0.2, 0.25) is 0 Å². The first-order valence-electron chi connectivity index (χ1n) is 2.84. The van der Waals surface area contributed by atoms with E-state index in [1.165, 1.54) is 0 Å². The van der Waals surface area contributed by atoms with Crippen LogP contribution in [-0.2, 0) is 4.84 Å². The third-order valence-corrected chi connectivity index (χ3v) is 0.608. The normalized spacial score (nSPS) is 8.91. The van der Waals surface area contributed by atoms with Gasteiger partial charge >= 0.3 is 6.03 Å². The molecular formula is C4H10N4O2Th. The minimum Gasteiger partial charge on any atom is -0.379 e. The van der Waals surface area contributed by atoms with Crippen molar-refractivity contribution in [3.63, 3.8) is 0 Å². The average molecular weight is 378 g/mol. The van der Waals surface area contributed by atoms with Gasteiger partial charge in [-0.05, 0) is 6.42 Å². The Hall–Kier alpha value is 0.155. The molecule has 0 aromatic carbocycles. The maximum absolute atomic E-state index is 10.2. The SMILES string of the molecule is CCCON=NC(=O)NN.[Th]. The number of carbonyl (C=O) groups is 1. The van der Waals surface area contributed by atoms with E-state index in [0.29, 0.717) is 6.61 Å². The fourth-order valence-electron chi connectivity index (χ4n) is 0.227. The summed E-state index contributed by atoms with van der Waals surface area (Å²) in [5.74, 6) is 4.68. The largest absolute Gasteiger partial charge is 0.379 e. The number of urea groups is 1. The van der Waals surface area contributed by atoms with Crippen molar-refractivity contribution in [3.05, 3.63) is 0 Å². The minimum atomic E-state index is -0.726. The molecule has 3 N–H and O–H groups in total. The van der Waals surface area contributed by atoms with Gasteiger partial charge in [0.25, 0.3) is 0 Å². The van der Waals surface area contributed by atoms with Gasteiger partial charge in [-0.25, -0.2) is 10.6 Å².